The average Bonchev–Trinajstić information content (AvgIpc) is 3.16. The normalized spacial score (nSPS) is 20.3. The van der Waals surface area contributed by atoms with Crippen molar-refractivity contribution in [2.75, 3.05) is 33.8 Å². The molecule has 2 aliphatic heterocycles. The van der Waals surface area contributed by atoms with E-state index in [0.29, 0.717) is 12.2 Å². The molecule has 2 heterocycles. The molecule has 2 atom stereocenters. The summed E-state index contributed by atoms with van der Waals surface area (Å²) in [4.78, 5) is 15.5. The van der Waals surface area contributed by atoms with Crippen LogP contribution >= 0.6 is 11.8 Å². The Morgan fingerprint density at radius 3 is 2.78 bits per heavy atom. The highest BCUT2D eigenvalue weighted by molar-refractivity contribution is 7.98. The minimum Gasteiger partial charge on any atom is -0.492 e. The highest BCUT2D eigenvalue weighted by atomic mass is 32.2. The second-order valence-corrected chi connectivity index (χ2v) is 7.85. The lowest BCUT2D eigenvalue weighted by Crippen LogP contribution is -3.10. The Balaban J connectivity index is 1.68. The smallest absolute Gasteiger partial charge is 0.231 e. The quantitative estimate of drug-likeness (QED) is 0.632. The van der Waals surface area contributed by atoms with Gasteiger partial charge in [-0.1, -0.05) is 12.1 Å². The molecule has 6 heteroatoms. The van der Waals surface area contributed by atoms with Gasteiger partial charge in [0.25, 0.3) is 0 Å². The van der Waals surface area contributed by atoms with Gasteiger partial charge >= 0.3 is 0 Å². The van der Waals surface area contributed by atoms with E-state index in [2.05, 4.69) is 13.1 Å². The second-order valence-electron chi connectivity index (χ2n) is 6.97. The van der Waals surface area contributed by atoms with Gasteiger partial charge in [-0.3, -0.25) is 4.79 Å². The van der Waals surface area contributed by atoms with Crippen LogP contribution in [0, 0.1) is 0 Å². The fourth-order valence-corrected chi connectivity index (χ4v) is 4.39. The summed E-state index contributed by atoms with van der Waals surface area (Å²) in [6, 6.07) is 9.93. The molecule has 1 N–H and O–H groups in total. The first kappa shape index (κ1) is 18.2. The van der Waals surface area contributed by atoms with Gasteiger partial charge in [0, 0.05) is 16.9 Å². The van der Waals surface area contributed by atoms with E-state index >= 15 is 0 Å². The second kappa shape index (κ2) is 7.44. The zero-order chi connectivity index (χ0) is 19.0. The van der Waals surface area contributed by atoms with Gasteiger partial charge in [0.05, 0.1) is 32.7 Å². The van der Waals surface area contributed by atoms with Crippen LogP contribution in [-0.4, -0.2) is 39.5 Å². The highest BCUT2D eigenvalue weighted by Crippen LogP contribution is 2.47. The number of ether oxygens (including phenoxy) is 3. The lowest BCUT2D eigenvalue weighted by Gasteiger charge is -2.32. The number of carbonyl (C=O) groups excluding carboxylic acids is 1. The van der Waals surface area contributed by atoms with E-state index < -0.39 is 0 Å². The van der Waals surface area contributed by atoms with Crippen molar-refractivity contribution >= 4 is 17.5 Å². The van der Waals surface area contributed by atoms with Crippen LogP contribution < -0.4 is 19.1 Å². The molecule has 0 bridgehead atoms. The van der Waals surface area contributed by atoms with Crippen LogP contribution in [-0.2, 0) is 6.42 Å². The first-order valence-electron chi connectivity index (χ1n) is 9.11. The standard InChI is InChI=1S/C21H23NO4S/c1-22-9-8-14-10-18-20(26-12-25-18)21(24-2)19(14)16(22)11-17(23)13-4-6-15(27-3)7-5-13/h4-7,10,16H,8-9,11-12H2,1-3H3/p+1/t16-/m0/s1. The number of thioether (sulfide) groups is 1. The number of fused-ring (bicyclic) bond motifs is 2. The molecule has 0 aliphatic carbocycles. The number of methoxy groups -OCH3 is 1. The van der Waals surface area contributed by atoms with Crippen LogP contribution in [0.3, 0.4) is 0 Å². The number of ketones is 1. The Labute approximate surface area is 163 Å². The molecule has 0 saturated carbocycles. The third-order valence-corrected chi connectivity index (χ3v) is 6.22. The molecule has 4 rings (SSSR count). The summed E-state index contributed by atoms with van der Waals surface area (Å²) in [6.07, 6.45) is 3.40. The van der Waals surface area contributed by atoms with Crippen molar-refractivity contribution in [3.05, 3.63) is 47.0 Å². The van der Waals surface area contributed by atoms with Gasteiger partial charge in [0.2, 0.25) is 12.5 Å². The summed E-state index contributed by atoms with van der Waals surface area (Å²) in [7, 11) is 3.79. The largest absolute Gasteiger partial charge is 0.492 e. The van der Waals surface area contributed by atoms with Crippen LogP contribution in [0.4, 0.5) is 0 Å². The zero-order valence-electron chi connectivity index (χ0n) is 15.8. The number of Topliss-reactive ketones (excluding diaryl/α,β-unsaturated/α-hetero) is 1. The Morgan fingerprint density at radius 2 is 2.07 bits per heavy atom. The molecule has 0 amide bonds. The van der Waals surface area contributed by atoms with Crippen LogP contribution in [0.2, 0.25) is 0 Å². The summed E-state index contributed by atoms with van der Waals surface area (Å²) < 4.78 is 16.9. The maximum absolute atomic E-state index is 13.0. The third-order valence-electron chi connectivity index (χ3n) is 5.48. The Kier molecular flexibility index (Phi) is 5.02. The molecule has 0 fully saturated rings. The lowest BCUT2D eigenvalue weighted by molar-refractivity contribution is -0.913. The molecule has 0 aromatic heterocycles. The molecular formula is C21H24NO4S+. The zero-order valence-corrected chi connectivity index (χ0v) is 16.7. The number of carbonyl (C=O) groups is 1. The molecule has 2 aliphatic rings. The van der Waals surface area contributed by atoms with E-state index in [-0.39, 0.29) is 18.6 Å². The van der Waals surface area contributed by atoms with Crippen molar-refractivity contribution < 1.29 is 23.9 Å². The maximum Gasteiger partial charge on any atom is 0.231 e. The van der Waals surface area contributed by atoms with Crippen molar-refractivity contribution in [2.45, 2.75) is 23.8 Å². The topological polar surface area (TPSA) is 49.2 Å². The predicted octanol–water partition coefficient (Wildman–Crippen LogP) is 2.53. The molecule has 0 saturated heterocycles. The first-order chi connectivity index (χ1) is 13.1. The molecule has 5 nitrogen and oxygen atoms in total. The van der Waals surface area contributed by atoms with Gasteiger partial charge in [-0.05, 0) is 30.0 Å². The number of likely N-dealkylation sites (N-methyl/N-ethyl adjacent to an activating group) is 1. The van der Waals surface area contributed by atoms with E-state index in [0.717, 1.165) is 40.5 Å². The van der Waals surface area contributed by atoms with Gasteiger partial charge in [-0.15, -0.1) is 11.8 Å². The van der Waals surface area contributed by atoms with Crippen molar-refractivity contribution in [2.24, 2.45) is 0 Å². The molecule has 2 aromatic carbocycles. The number of rotatable bonds is 5. The average molecular weight is 386 g/mol. The molecule has 142 valence electrons. The molecule has 0 spiro atoms. The number of hydrogen-bond donors (Lipinski definition) is 1. The van der Waals surface area contributed by atoms with Gasteiger partial charge in [0.1, 0.15) is 6.04 Å². The number of nitrogens with one attached hydrogen (secondary N) is 1. The number of hydrogen-bond acceptors (Lipinski definition) is 5. The van der Waals surface area contributed by atoms with Crippen molar-refractivity contribution in [1.29, 1.82) is 0 Å². The third kappa shape index (κ3) is 3.28. The van der Waals surface area contributed by atoms with Crippen LogP contribution in [0.1, 0.15) is 33.9 Å². The molecule has 2 aromatic rings. The number of quaternary nitrogens is 1. The fourth-order valence-electron chi connectivity index (χ4n) is 3.98. The summed E-state index contributed by atoms with van der Waals surface area (Å²) in [5.74, 6) is 2.27. The molecular weight excluding hydrogens is 362 g/mol. The van der Waals surface area contributed by atoms with Gasteiger partial charge in [0.15, 0.2) is 17.3 Å². The maximum atomic E-state index is 13.0. The van der Waals surface area contributed by atoms with E-state index in [1.165, 1.54) is 10.5 Å². The summed E-state index contributed by atoms with van der Waals surface area (Å²) >= 11 is 1.67. The van der Waals surface area contributed by atoms with Gasteiger partial charge in [-0.25, -0.2) is 0 Å². The predicted molar refractivity (Wildman–Crippen MR) is 104 cm³/mol. The van der Waals surface area contributed by atoms with Crippen LogP contribution in [0.15, 0.2) is 35.2 Å². The highest BCUT2D eigenvalue weighted by Gasteiger charge is 2.37. The summed E-state index contributed by atoms with van der Waals surface area (Å²) in [5.41, 5.74) is 3.03. The van der Waals surface area contributed by atoms with Gasteiger partial charge < -0.3 is 19.1 Å². The minimum atomic E-state index is 0.0333. The van der Waals surface area contributed by atoms with Crippen molar-refractivity contribution in [1.82, 2.24) is 0 Å². The monoisotopic (exact) mass is 386 g/mol. The Morgan fingerprint density at radius 1 is 1.30 bits per heavy atom. The summed E-state index contributed by atoms with van der Waals surface area (Å²) in [6.45, 7) is 1.18. The number of benzene rings is 2. The molecule has 27 heavy (non-hydrogen) atoms. The Hall–Kier alpha value is -2.18. The van der Waals surface area contributed by atoms with Gasteiger partial charge in [-0.2, -0.15) is 0 Å². The fraction of sp³-hybridized carbons (Fsp3) is 0.381. The lowest BCUT2D eigenvalue weighted by atomic mass is 9.87. The molecule has 0 radical (unpaired) electrons. The van der Waals surface area contributed by atoms with Crippen LogP contribution in [0.5, 0.6) is 17.2 Å². The molecule has 1 unspecified atom stereocenters. The Bertz CT molecular complexity index is 865. The van der Waals surface area contributed by atoms with Crippen molar-refractivity contribution in [3.63, 3.8) is 0 Å². The minimum absolute atomic E-state index is 0.0333. The first-order valence-corrected chi connectivity index (χ1v) is 10.3. The SMILES string of the molecule is COc1c2c(cc3c1[C@H](CC(=O)c1ccc(SC)cc1)[NH+](C)CC3)OCO2. The van der Waals surface area contributed by atoms with E-state index in [1.807, 2.05) is 30.5 Å². The van der Waals surface area contributed by atoms with E-state index in [1.54, 1.807) is 18.9 Å². The van der Waals surface area contributed by atoms with E-state index in [4.69, 9.17) is 14.2 Å². The van der Waals surface area contributed by atoms with E-state index in [9.17, 15) is 4.79 Å². The van der Waals surface area contributed by atoms with Crippen molar-refractivity contribution in [3.8, 4) is 17.2 Å². The summed E-state index contributed by atoms with van der Waals surface area (Å²) in [5, 5.41) is 0. The van der Waals surface area contributed by atoms with Crippen LogP contribution in [0.25, 0.3) is 0 Å².